The molecule has 2 aromatic heterocycles. The number of nitrogens with one attached hydrogen (secondary N) is 1. The van der Waals surface area contributed by atoms with Crippen LogP contribution in [0.4, 0.5) is 8.78 Å². The standard InChI is InChI=1S/C29H23F2N3O3.C3H7N.C2H6/c1-17-6-7-21(22(30)12-17)16-37-28-5-3-4-24(33-28)19-9-8-18(23(31)13-19)15-27-32-25-11-10-20(29(35)36)14-26(25)34(27)2;1-2-4-3-1;1-2/h3-14H,15-16H2,1-2H3,(H,35,36);4H,1-3H2;1-2H3. The van der Waals surface area contributed by atoms with Crippen LogP contribution in [0.15, 0.2) is 72.8 Å². The largest absolute Gasteiger partial charge is 0.478 e. The van der Waals surface area contributed by atoms with E-state index in [0.717, 1.165) is 5.56 Å². The maximum absolute atomic E-state index is 15.1. The zero-order chi connectivity index (χ0) is 30.9. The van der Waals surface area contributed by atoms with Gasteiger partial charge < -0.3 is 19.7 Å². The van der Waals surface area contributed by atoms with Gasteiger partial charge >= 0.3 is 5.97 Å². The maximum Gasteiger partial charge on any atom is 0.335 e. The van der Waals surface area contributed by atoms with E-state index in [9.17, 15) is 14.3 Å². The van der Waals surface area contributed by atoms with Gasteiger partial charge in [0.15, 0.2) is 0 Å². The van der Waals surface area contributed by atoms with Crippen molar-refractivity contribution in [1.29, 1.82) is 0 Å². The van der Waals surface area contributed by atoms with Crippen molar-refractivity contribution in [2.75, 3.05) is 13.1 Å². The number of hydrogen-bond donors (Lipinski definition) is 2. The molecular formula is C34H36F2N4O3. The quantitative estimate of drug-likeness (QED) is 0.212. The molecule has 6 rings (SSSR count). The average molecular weight is 587 g/mol. The molecule has 0 spiro atoms. The van der Waals surface area contributed by atoms with E-state index in [1.165, 1.54) is 37.7 Å². The zero-order valence-corrected chi connectivity index (χ0v) is 24.8. The minimum Gasteiger partial charge on any atom is -0.478 e. The SMILES string of the molecule is C1CNC1.CC.Cc1ccc(COc2cccc(-c3ccc(Cc4nc5ccc(C(=O)O)cc5n4C)c(F)c3)n2)c(F)c1. The van der Waals surface area contributed by atoms with Gasteiger partial charge in [0.2, 0.25) is 5.88 Å². The van der Waals surface area contributed by atoms with Crippen LogP contribution in [-0.2, 0) is 20.1 Å². The summed E-state index contributed by atoms with van der Waals surface area (Å²) in [7, 11) is 1.78. The van der Waals surface area contributed by atoms with Gasteiger partial charge in [0.1, 0.15) is 24.1 Å². The number of imidazole rings is 1. The molecule has 3 heterocycles. The van der Waals surface area contributed by atoms with E-state index in [-0.39, 0.29) is 24.4 Å². The van der Waals surface area contributed by atoms with E-state index < -0.39 is 11.8 Å². The fourth-order valence-electron chi connectivity index (χ4n) is 4.31. The number of nitrogens with zero attached hydrogens (tertiary/aromatic N) is 3. The van der Waals surface area contributed by atoms with E-state index in [2.05, 4.69) is 15.3 Å². The number of carboxylic acids is 1. The van der Waals surface area contributed by atoms with Crippen molar-refractivity contribution < 1.29 is 23.4 Å². The second kappa shape index (κ2) is 14.5. The molecule has 3 aromatic carbocycles. The Bertz CT molecular complexity index is 1710. The summed E-state index contributed by atoms with van der Waals surface area (Å²) in [5.41, 5.74) is 4.28. The maximum atomic E-state index is 15.1. The lowest BCUT2D eigenvalue weighted by Crippen LogP contribution is -2.29. The second-order valence-electron chi connectivity index (χ2n) is 9.93. The Morgan fingerprint density at radius 3 is 2.30 bits per heavy atom. The zero-order valence-electron chi connectivity index (χ0n) is 24.8. The fourth-order valence-corrected chi connectivity index (χ4v) is 4.31. The second-order valence-corrected chi connectivity index (χ2v) is 9.93. The molecule has 2 N–H and O–H groups in total. The highest BCUT2D eigenvalue weighted by Gasteiger charge is 2.14. The van der Waals surface area contributed by atoms with Crippen LogP contribution in [0.5, 0.6) is 5.88 Å². The van der Waals surface area contributed by atoms with Gasteiger partial charge in [-0.3, -0.25) is 0 Å². The molecule has 0 aliphatic carbocycles. The van der Waals surface area contributed by atoms with Crippen molar-refractivity contribution >= 4 is 17.0 Å². The molecule has 9 heteroatoms. The van der Waals surface area contributed by atoms with E-state index >= 15 is 4.39 Å². The van der Waals surface area contributed by atoms with Crippen LogP contribution < -0.4 is 10.1 Å². The number of rotatable bonds is 7. The van der Waals surface area contributed by atoms with Crippen LogP contribution in [0.2, 0.25) is 0 Å². The number of aromatic carboxylic acids is 1. The number of benzene rings is 3. The lowest BCUT2D eigenvalue weighted by Gasteiger charge is -2.10. The van der Waals surface area contributed by atoms with Gasteiger partial charge in [0, 0.05) is 30.7 Å². The van der Waals surface area contributed by atoms with Crippen LogP contribution in [0, 0.1) is 18.6 Å². The summed E-state index contributed by atoms with van der Waals surface area (Å²) in [4.78, 5) is 20.3. The average Bonchev–Trinajstić information content (AvgIpc) is 3.28. The summed E-state index contributed by atoms with van der Waals surface area (Å²) in [6.07, 6.45) is 1.62. The summed E-state index contributed by atoms with van der Waals surface area (Å²) in [5, 5.41) is 12.4. The summed E-state index contributed by atoms with van der Waals surface area (Å²) in [5.74, 6) is -0.845. The Balaban J connectivity index is 0.000000640. The predicted molar refractivity (Wildman–Crippen MR) is 164 cm³/mol. The first-order chi connectivity index (χ1) is 20.8. The fraction of sp³-hybridized carbons (Fsp3) is 0.265. The number of ether oxygens (including phenoxy) is 1. The summed E-state index contributed by atoms with van der Waals surface area (Å²) < 4.78 is 36.7. The van der Waals surface area contributed by atoms with Crippen molar-refractivity contribution in [2.45, 2.75) is 40.2 Å². The van der Waals surface area contributed by atoms with Crippen molar-refractivity contribution in [3.63, 3.8) is 0 Å². The van der Waals surface area contributed by atoms with Crippen molar-refractivity contribution in [3.05, 3.63) is 113 Å². The lowest BCUT2D eigenvalue weighted by atomic mass is 10.1. The van der Waals surface area contributed by atoms with Crippen LogP contribution >= 0.6 is 0 Å². The molecule has 5 aromatic rings. The van der Waals surface area contributed by atoms with Gasteiger partial charge in [-0.2, -0.15) is 0 Å². The molecule has 1 fully saturated rings. The first kappa shape index (κ1) is 31.3. The first-order valence-corrected chi connectivity index (χ1v) is 14.3. The number of aromatic nitrogens is 3. The molecule has 1 aliphatic rings. The van der Waals surface area contributed by atoms with Gasteiger partial charge in [-0.25, -0.2) is 23.5 Å². The van der Waals surface area contributed by atoms with Crippen LogP contribution in [0.25, 0.3) is 22.3 Å². The summed E-state index contributed by atoms with van der Waals surface area (Å²) in [6.45, 7) is 8.35. The Labute approximate surface area is 250 Å². The minimum absolute atomic E-state index is 0.0296. The summed E-state index contributed by atoms with van der Waals surface area (Å²) in [6, 6.07) is 19.7. The molecule has 0 bridgehead atoms. The Morgan fingerprint density at radius 2 is 1.65 bits per heavy atom. The van der Waals surface area contributed by atoms with E-state index in [0.29, 0.717) is 45.1 Å². The van der Waals surface area contributed by atoms with E-state index in [1.54, 1.807) is 60.1 Å². The highest BCUT2D eigenvalue weighted by atomic mass is 19.1. The van der Waals surface area contributed by atoms with Crippen LogP contribution in [0.1, 0.15) is 53.1 Å². The molecule has 0 unspecified atom stereocenters. The minimum atomic E-state index is -1.02. The van der Waals surface area contributed by atoms with Gasteiger partial charge in [-0.05, 0) is 74.0 Å². The van der Waals surface area contributed by atoms with Crippen LogP contribution in [-0.4, -0.2) is 38.7 Å². The van der Waals surface area contributed by atoms with Gasteiger partial charge in [0.05, 0.1) is 22.3 Å². The van der Waals surface area contributed by atoms with E-state index in [1.807, 2.05) is 26.8 Å². The van der Waals surface area contributed by atoms with Crippen LogP contribution in [0.3, 0.4) is 0 Å². The summed E-state index contributed by atoms with van der Waals surface area (Å²) >= 11 is 0. The van der Waals surface area contributed by atoms with Gasteiger partial charge in [0.25, 0.3) is 0 Å². The molecular weight excluding hydrogens is 550 g/mol. The lowest BCUT2D eigenvalue weighted by molar-refractivity contribution is 0.0697. The van der Waals surface area contributed by atoms with Gasteiger partial charge in [-0.1, -0.05) is 44.2 Å². The highest BCUT2D eigenvalue weighted by Crippen LogP contribution is 2.25. The number of halogens is 2. The number of carbonyl (C=O) groups is 1. The number of aryl methyl sites for hydroxylation is 2. The van der Waals surface area contributed by atoms with Crippen molar-refractivity contribution in [3.8, 4) is 17.1 Å². The number of fused-ring (bicyclic) bond motifs is 1. The third-order valence-electron chi connectivity index (χ3n) is 6.93. The molecule has 43 heavy (non-hydrogen) atoms. The molecule has 0 saturated carbocycles. The smallest absolute Gasteiger partial charge is 0.335 e. The first-order valence-electron chi connectivity index (χ1n) is 14.3. The monoisotopic (exact) mass is 586 g/mol. The highest BCUT2D eigenvalue weighted by molar-refractivity contribution is 5.92. The molecule has 0 radical (unpaired) electrons. The van der Waals surface area contributed by atoms with Gasteiger partial charge in [-0.15, -0.1) is 0 Å². The Morgan fingerprint density at radius 1 is 0.953 bits per heavy atom. The number of hydrogen-bond acceptors (Lipinski definition) is 5. The van der Waals surface area contributed by atoms with Crippen molar-refractivity contribution in [1.82, 2.24) is 19.9 Å². The third kappa shape index (κ3) is 7.81. The predicted octanol–water partition coefficient (Wildman–Crippen LogP) is 7.10. The normalized spacial score (nSPS) is 12.0. The van der Waals surface area contributed by atoms with Crippen molar-refractivity contribution in [2.24, 2.45) is 7.05 Å². The molecule has 224 valence electrons. The molecule has 0 amide bonds. The number of pyridine rings is 1. The third-order valence-corrected chi connectivity index (χ3v) is 6.93. The Kier molecular flexibility index (Phi) is 10.6. The molecule has 7 nitrogen and oxygen atoms in total. The van der Waals surface area contributed by atoms with E-state index in [4.69, 9.17) is 4.74 Å². The molecule has 1 aliphatic heterocycles. The number of carboxylic acid groups (broad SMARTS) is 1. The topological polar surface area (TPSA) is 89.3 Å². The molecule has 0 atom stereocenters. The molecule has 1 saturated heterocycles. The Hall–Kier alpha value is -4.63.